The van der Waals surface area contributed by atoms with E-state index in [0.717, 1.165) is 12.1 Å². The predicted molar refractivity (Wildman–Crippen MR) is 75.2 cm³/mol. The molecule has 2 aromatic rings. The lowest BCUT2D eigenvalue weighted by Crippen LogP contribution is -2.25. The molecule has 1 aromatic carbocycles. The molecule has 0 radical (unpaired) electrons. The van der Waals surface area contributed by atoms with Crippen molar-refractivity contribution in [2.45, 2.75) is 26.2 Å². The summed E-state index contributed by atoms with van der Waals surface area (Å²) in [4.78, 5) is 18.9. The highest BCUT2D eigenvalue weighted by atomic mass is 16.1. The summed E-state index contributed by atoms with van der Waals surface area (Å²) < 4.78 is 0. The second-order valence-corrected chi connectivity index (χ2v) is 4.86. The first-order chi connectivity index (χ1) is 9.16. The van der Waals surface area contributed by atoms with Gasteiger partial charge >= 0.3 is 0 Å². The summed E-state index contributed by atoms with van der Waals surface area (Å²) in [5.74, 6) is 0.451. The van der Waals surface area contributed by atoms with Crippen LogP contribution < -0.4 is 5.32 Å². The number of carbonyl (C=O) groups excluding carboxylic acids is 1. The van der Waals surface area contributed by atoms with Crippen LogP contribution in [0.25, 0.3) is 0 Å². The van der Waals surface area contributed by atoms with Crippen LogP contribution in [0.2, 0.25) is 0 Å². The fourth-order valence-electron chi connectivity index (χ4n) is 1.85. The van der Waals surface area contributed by atoms with E-state index in [1.807, 2.05) is 24.3 Å². The van der Waals surface area contributed by atoms with E-state index in [0.29, 0.717) is 18.0 Å². The molecule has 2 rings (SSSR count). The SMILES string of the molecule is CC(C)c1ccc(C(=O)NCCc2cnc[nH]2)cc1. The van der Waals surface area contributed by atoms with E-state index in [4.69, 9.17) is 0 Å². The van der Waals surface area contributed by atoms with Gasteiger partial charge in [-0.15, -0.1) is 0 Å². The fourth-order valence-corrected chi connectivity index (χ4v) is 1.85. The normalized spacial score (nSPS) is 10.7. The topological polar surface area (TPSA) is 57.8 Å². The maximum Gasteiger partial charge on any atom is 0.251 e. The molecule has 1 aromatic heterocycles. The Morgan fingerprint density at radius 3 is 2.63 bits per heavy atom. The van der Waals surface area contributed by atoms with Gasteiger partial charge < -0.3 is 10.3 Å². The van der Waals surface area contributed by atoms with Gasteiger partial charge in [-0.2, -0.15) is 0 Å². The number of rotatable bonds is 5. The first kappa shape index (κ1) is 13.3. The molecular weight excluding hydrogens is 238 g/mol. The molecule has 0 unspecified atom stereocenters. The van der Waals surface area contributed by atoms with Gasteiger partial charge in [-0.05, 0) is 23.6 Å². The van der Waals surface area contributed by atoms with E-state index in [9.17, 15) is 4.79 Å². The zero-order chi connectivity index (χ0) is 13.7. The highest BCUT2D eigenvalue weighted by Gasteiger charge is 2.06. The number of benzene rings is 1. The van der Waals surface area contributed by atoms with Crippen molar-refractivity contribution in [1.82, 2.24) is 15.3 Å². The zero-order valence-electron chi connectivity index (χ0n) is 11.3. The maximum atomic E-state index is 11.9. The number of hydrogen-bond acceptors (Lipinski definition) is 2. The molecule has 4 nitrogen and oxygen atoms in total. The first-order valence-corrected chi connectivity index (χ1v) is 6.52. The van der Waals surface area contributed by atoms with E-state index in [1.165, 1.54) is 5.56 Å². The minimum absolute atomic E-state index is 0.0326. The minimum atomic E-state index is -0.0326. The maximum absolute atomic E-state index is 11.9. The molecular formula is C15H19N3O. The van der Waals surface area contributed by atoms with Gasteiger partial charge in [0.15, 0.2) is 0 Å². The number of hydrogen-bond donors (Lipinski definition) is 2. The number of amides is 1. The highest BCUT2D eigenvalue weighted by Crippen LogP contribution is 2.14. The lowest BCUT2D eigenvalue weighted by Gasteiger charge is -2.07. The quantitative estimate of drug-likeness (QED) is 0.864. The van der Waals surface area contributed by atoms with Crippen molar-refractivity contribution in [2.24, 2.45) is 0 Å². The molecule has 1 heterocycles. The number of aromatic nitrogens is 2. The molecule has 100 valence electrons. The standard InChI is InChI=1S/C15H19N3O/c1-11(2)12-3-5-13(6-4-12)15(19)17-8-7-14-9-16-10-18-14/h3-6,9-11H,7-8H2,1-2H3,(H,16,18)(H,17,19). The van der Waals surface area contributed by atoms with Crippen LogP contribution in [0.4, 0.5) is 0 Å². The first-order valence-electron chi connectivity index (χ1n) is 6.52. The molecule has 19 heavy (non-hydrogen) atoms. The summed E-state index contributed by atoms with van der Waals surface area (Å²) >= 11 is 0. The van der Waals surface area contributed by atoms with Crippen molar-refractivity contribution in [2.75, 3.05) is 6.54 Å². The van der Waals surface area contributed by atoms with Crippen molar-refractivity contribution in [3.05, 3.63) is 53.6 Å². The molecule has 0 aliphatic rings. The zero-order valence-corrected chi connectivity index (χ0v) is 11.3. The lowest BCUT2D eigenvalue weighted by atomic mass is 10.0. The van der Waals surface area contributed by atoms with Gasteiger partial charge in [0.05, 0.1) is 6.33 Å². The van der Waals surface area contributed by atoms with Crippen LogP contribution in [0.15, 0.2) is 36.8 Å². The molecule has 0 atom stereocenters. The Kier molecular flexibility index (Phi) is 4.34. The van der Waals surface area contributed by atoms with Crippen LogP contribution in [0, 0.1) is 0 Å². The average Bonchev–Trinajstić information content (AvgIpc) is 2.92. The summed E-state index contributed by atoms with van der Waals surface area (Å²) in [5.41, 5.74) is 2.97. The van der Waals surface area contributed by atoms with Gasteiger partial charge in [-0.25, -0.2) is 4.98 Å². The minimum Gasteiger partial charge on any atom is -0.352 e. The van der Waals surface area contributed by atoms with Gasteiger partial charge in [-0.1, -0.05) is 26.0 Å². The Bertz CT molecular complexity index is 515. The van der Waals surface area contributed by atoms with E-state index in [2.05, 4.69) is 29.1 Å². The third-order valence-electron chi connectivity index (χ3n) is 3.07. The van der Waals surface area contributed by atoms with Crippen LogP contribution in [-0.4, -0.2) is 22.4 Å². The lowest BCUT2D eigenvalue weighted by molar-refractivity contribution is 0.0954. The Balaban J connectivity index is 1.85. The van der Waals surface area contributed by atoms with Crippen LogP contribution in [0.3, 0.4) is 0 Å². The average molecular weight is 257 g/mol. The molecule has 4 heteroatoms. The summed E-state index contributed by atoms with van der Waals surface area (Å²) in [7, 11) is 0. The Labute approximate surface area is 113 Å². The van der Waals surface area contributed by atoms with Crippen molar-refractivity contribution in [3.8, 4) is 0 Å². The summed E-state index contributed by atoms with van der Waals surface area (Å²) in [5, 5.41) is 2.90. The Morgan fingerprint density at radius 2 is 2.05 bits per heavy atom. The number of nitrogens with zero attached hydrogens (tertiary/aromatic N) is 1. The molecule has 0 spiro atoms. The third kappa shape index (κ3) is 3.68. The van der Waals surface area contributed by atoms with E-state index in [-0.39, 0.29) is 5.91 Å². The number of carbonyl (C=O) groups is 1. The fraction of sp³-hybridized carbons (Fsp3) is 0.333. The van der Waals surface area contributed by atoms with Crippen molar-refractivity contribution < 1.29 is 4.79 Å². The van der Waals surface area contributed by atoms with Gasteiger partial charge in [0.25, 0.3) is 5.91 Å². The molecule has 0 saturated carbocycles. The third-order valence-corrected chi connectivity index (χ3v) is 3.07. The van der Waals surface area contributed by atoms with Gasteiger partial charge in [-0.3, -0.25) is 4.79 Å². The molecule has 2 N–H and O–H groups in total. The molecule has 0 fully saturated rings. The van der Waals surface area contributed by atoms with E-state index >= 15 is 0 Å². The van der Waals surface area contributed by atoms with Gasteiger partial charge in [0.2, 0.25) is 0 Å². The predicted octanol–water partition coefficient (Wildman–Crippen LogP) is 2.51. The van der Waals surface area contributed by atoms with Crippen molar-refractivity contribution in [1.29, 1.82) is 0 Å². The molecule has 0 aliphatic heterocycles. The number of nitrogens with one attached hydrogen (secondary N) is 2. The summed E-state index contributed by atoms with van der Waals surface area (Å²) in [6.45, 7) is 4.88. The highest BCUT2D eigenvalue weighted by molar-refractivity contribution is 5.94. The summed E-state index contributed by atoms with van der Waals surface area (Å²) in [6.07, 6.45) is 4.17. The Hall–Kier alpha value is -2.10. The Morgan fingerprint density at radius 1 is 1.32 bits per heavy atom. The smallest absolute Gasteiger partial charge is 0.251 e. The van der Waals surface area contributed by atoms with Gasteiger partial charge in [0, 0.05) is 30.4 Å². The number of H-pyrrole nitrogens is 1. The van der Waals surface area contributed by atoms with Gasteiger partial charge in [0.1, 0.15) is 0 Å². The van der Waals surface area contributed by atoms with E-state index in [1.54, 1.807) is 12.5 Å². The largest absolute Gasteiger partial charge is 0.352 e. The van der Waals surface area contributed by atoms with Crippen LogP contribution in [0.5, 0.6) is 0 Å². The van der Waals surface area contributed by atoms with Crippen LogP contribution in [0.1, 0.15) is 41.4 Å². The second-order valence-electron chi connectivity index (χ2n) is 4.86. The number of aromatic amines is 1. The number of imidazole rings is 1. The molecule has 0 saturated heterocycles. The molecule has 0 bridgehead atoms. The van der Waals surface area contributed by atoms with Crippen LogP contribution in [-0.2, 0) is 6.42 Å². The molecule has 1 amide bonds. The second kappa shape index (κ2) is 6.18. The van der Waals surface area contributed by atoms with Crippen molar-refractivity contribution in [3.63, 3.8) is 0 Å². The summed E-state index contributed by atoms with van der Waals surface area (Å²) in [6, 6.07) is 7.77. The monoisotopic (exact) mass is 257 g/mol. The van der Waals surface area contributed by atoms with E-state index < -0.39 is 0 Å². The molecule has 0 aliphatic carbocycles. The van der Waals surface area contributed by atoms with Crippen LogP contribution >= 0.6 is 0 Å². The van der Waals surface area contributed by atoms with Crippen molar-refractivity contribution >= 4 is 5.91 Å².